The van der Waals surface area contributed by atoms with Gasteiger partial charge in [0.15, 0.2) is 5.11 Å². The molecular formula is C24H20ClN5S. The van der Waals surface area contributed by atoms with Crippen LogP contribution in [0.1, 0.15) is 29.0 Å². The highest BCUT2D eigenvalue weighted by Gasteiger charge is 2.41. The van der Waals surface area contributed by atoms with Crippen LogP contribution >= 0.6 is 23.8 Å². The number of hydrogen-bond donors (Lipinski definition) is 1. The lowest BCUT2D eigenvalue weighted by atomic mass is 10.0. The minimum absolute atomic E-state index is 0.0587. The molecule has 1 fully saturated rings. The highest BCUT2D eigenvalue weighted by Crippen LogP contribution is 2.40. The summed E-state index contributed by atoms with van der Waals surface area (Å²) in [4.78, 5) is 11.1. The van der Waals surface area contributed by atoms with E-state index in [0.717, 1.165) is 22.6 Å². The molecule has 0 aliphatic carbocycles. The Kier molecular flexibility index (Phi) is 5.40. The maximum Gasteiger partial charge on any atom is 0.170 e. The Labute approximate surface area is 191 Å². The van der Waals surface area contributed by atoms with Crippen molar-refractivity contribution in [2.75, 3.05) is 0 Å². The van der Waals surface area contributed by atoms with Gasteiger partial charge in [0.2, 0.25) is 0 Å². The fourth-order valence-electron chi connectivity index (χ4n) is 4.08. The van der Waals surface area contributed by atoms with Crippen LogP contribution in [0.3, 0.4) is 0 Å². The quantitative estimate of drug-likeness (QED) is 0.433. The van der Waals surface area contributed by atoms with Crippen LogP contribution in [-0.4, -0.2) is 24.5 Å². The van der Waals surface area contributed by atoms with Crippen LogP contribution in [0.4, 0.5) is 0 Å². The molecule has 0 radical (unpaired) electrons. The first-order valence-electron chi connectivity index (χ1n) is 10.0. The van der Waals surface area contributed by atoms with Gasteiger partial charge in [-0.25, -0.2) is 0 Å². The van der Waals surface area contributed by atoms with Crippen LogP contribution in [0, 0.1) is 0 Å². The molecular weight excluding hydrogens is 426 g/mol. The number of benzene rings is 1. The van der Waals surface area contributed by atoms with Gasteiger partial charge in [-0.15, -0.1) is 0 Å². The molecule has 0 bridgehead atoms. The Bertz CT molecular complexity index is 1190. The standard InChI is InChI=1S/C24H20ClN5S/c25-18-7-3-8-19(14-18)29-13-5-10-21(29)23-22(20-9-1-2-12-27-20)28-24(31)30(23)16-17-6-4-11-26-15-17/h1-15,22-23H,16H2,(H,28,31)/t22-,23-/m0/s1. The van der Waals surface area contributed by atoms with Crippen molar-refractivity contribution in [3.63, 3.8) is 0 Å². The van der Waals surface area contributed by atoms with Crippen molar-refractivity contribution in [3.8, 4) is 5.69 Å². The maximum atomic E-state index is 6.28. The average molecular weight is 446 g/mol. The molecule has 1 aliphatic heterocycles. The second-order valence-corrected chi connectivity index (χ2v) is 8.22. The van der Waals surface area contributed by atoms with E-state index in [1.165, 1.54) is 0 Å². The Morgan fingerprint density at radius 3 is 2.71 bits per heavy atom. The van der Waals surface area contributed by atoms with E-state index in [-0.39, 0.29) is 12.1 Å². The Morgan fingerprint density at radius 1 is 1.00 bits per heavy atom. The number of nitrogens with zero attached hydrogens (tertiary/aromatic N) is 4. The fraction of sp³-hybridized carbons (Fsp3) is 0.125. The lowest BCUT2D eigenvalue weighted by Crippen LogP contribution is -2.30. The molecule has 1 aromatic carbocycles. The molecule has 0 amide bonds. The molecule has 154 valence electrons. The minimum Gasteiger partial charge on any atom is -0.352 e. The van der Waals surface area contributed by atoms with E-state index in [4.69, 9.17) is 23.8 Å². The smallest absolute Gasteiger partial charge is 0.170 e. The van der Waals surface area contributed by atoms with E-state index in [9.17, 15) is 0 Å². The SMILES string of the molecule is S=C1N[C@@H](c2ccccn2)[C@H](c2cccn2-c2cccc(Cl)c2)N1Cc1cccnc1. The highest BCUT2D eigenvalue weighted by molar-refractivity contribution is 7.80. The lowest BCUT2D eigenvalue weighted by Gasteiger charge is -2.29. The molecule has 4 aromatic rings. The van der Waals surface area contributed by atoms with Crippen molar-refractivity contribution in [2.24, 2.45) is 0 Å². The van der Waals surface area contributed by atoms with Crippen LogP contribution < -0.4 is 5.32 Å². The molecule has 5 rings (SSSR count). The van der Waals surface area contributed by atoms with Crippen molar-refractivity contribution in [2.45, 2.75) is 18.6 Å². The van der Waals surface area contributed by atoms with E-state index < -0.39 is 0 Å². The van der Waals surface area contributed by atoms with Crippen molar-refractivity contribution in [3.05, 3.63) is 113 Å². The van der Waals surface area contributed by atoms with Crippen LogP contribution in [0.2, 0.25) is 5.02 Å². The van der Waals surface area contributed by atoms with Crippen LogP contribution in [0.5, 0.6) is 0 Å². The zero-order valence-corrected chi connectivity index (χ0v) is 18.2. The lowest BCUT2D eigenvalue weighted by molar-refractivity contribution is 0.302. The first-order valence-corrected chi connectivity index (χ1v) is 10.8. The van der Waals surface area contributed by atoms with Crippen molar-refractivity contribution in [1.29, 1.82) is 0 Å². The highest BCUT2D eigenvalue weighted by atomic mass is 35.5. The molecule has 7 heteroatoms. The van der Waals surface area contributed by atoms with Gasteiger partial charge in [-0.05, 0) is 66.3 Å². The minimum atomic E-state index is -0.0850. The van der Waals surface area contributed by atoms with Gasteiger partial charge >= 0.3 is 0 Å². The largest absolute Gasteiger partial charge is 0.352 e. The first kappa shape index (κ1) is 19.7. The number of rotatable bonds is 5. The molecule has 5 nitrogen and oxygen atoms in total. The summed E-state index contributed by atoms with van der Waals surface area (Å²) >= 11 is 12.1. The van der Waals surface area contributed by atoms with Crippen LogP contribution in [0.25, 0.3) is 5.69 Å². The number of pyridine rings is 2. The van der Waals surface area contributed by atoms with Gasteiger partial charge in [0, 0.05) is 47.7 Å². The summed E-state index contributed by atoms with van der Waals surface area (Å²) in [5.74, 6) is 0. The fourth-order valence-corrected chi connectivity index (χ4v) is 4.57. The number of thiocarbonyl (C=S) groups is 1. The van der Waals surface area contributed by atoms with Gasteiger partial charge < -0.3 is 14.8 Å². The zero-order valence-electron chi connectivity index (χ0n) is 16.6. The molecule has 1 aliphatic rings. The molecule has 4 heterocycles. The summed E-state index contributed by atoms with van der Waals surface area (Å²) in [6, 6.07) is 21.9. The molecule has 0 unspecified atom stereocenters. The molecule has 0 saturated carbocycles. The van der Waals surface area contributed by atoms with Crippen molar-refractivity contribution < 1.29 is 0 Å². The second kappa shape index (κ2) is 8.49. The Hall–Kier alpha value is -3.22. The predicted octanol–water partition coefficient (Wildman–Crippen LogP) is 5.09. The molecule has 1 N–H and O–H groups in total. The van der Waals surface area contributed by atoms with E-state index in [1.807, 2.05) is 54.9 Å². The predicted molar refractivity (Wildman–Crippen MR) is 126 cm³/mol. The van der Waals surface area contributed by atoms with E-state index in [1.54, 1.807) is 6.20 Å². The normalized spacial score (nSPS) is 18.2. The first-order chi connectivity index (χ1) is 15.2. The Balaban J connectivity index is 1.61. The van der Waals surface area contributed by atoms with E-state index in [2.05, 4.69) is 55.2 Å². The molecule has 31 heavy (non-hydrogen) atoms. The Morgan fingerprint density at radius 2 is 1.94 bits per heavy atom. The van der Waals surface area contributed by atoms with Crippen LogP contribution in [0.15, 0.2) is 91.5 Å². The molecule has 1 saturated heterocycles. The number of halogens is 1. The third-order valence-corrected chi connectivity index (χ3v) is 6.03. The van der Waals surface area contributed by atoms with Gasteiger partial charge in [0.05, 0.1) is 17.8 Å². The number of nitrogens with one attached hydrogen (secondary N) is 1. The topological polar surface area (TPSA) is 46.0 Å². The number of hydrogen-bond acceptors (Lipinski definition) is 3. The van der Waals surface area contributed by atoms with Gasteiger partial charge in [-0.3, -0.25) is 9.97 Å². The van der Waals surface area contributed by atoms with E-state index in [0.29, 0.717) is 16.7 Å². The van der Waals surface area contributed by atoms with Gasteiger partial charge in [0.25, 0.3) is 0 Å². The molecule has 0 spiro atoms. The van der Waals surface area contributed by atoms with Gasteiger partial charge in [-0.1, -0.05) is 29.8 Å². The maximum absolute atomic E-state index is 6.28. The second-order valence-electron chi connectivity index (χ2n) is 7.40. The summed E-state index contributed by atoms with van der Waals surface area (Å²) in [6.45, 7) is 0.647. The van der Waals surface area contributed by atoms with Crippen LogP contribution in [-0.2, 0) is 6.54 Å². The summed E-state index contributed by atoms with van der Waals surface area (Å²) in [5, 5.41) is 4.90. The van der Waals surface area contributed by atoms with Crippen molar-refractivity contribution in [1.82, 2.24) is 24.8 Å². The third kappa shape index (κ3) is 3.92. The van der Waals surface area contributed by atoms with Crippen molar-refractivity contribution >= 4 is 28.9 Å². The summed E-state index contributed by atoms with van der Waals surface area (Å²) in [5.41, 5.74) is 4.15. The van der Waals surface area contributed by atoms with Gasteiger partial charge in [-0.2, -0.15) is 0 Å². The van der Waals surface area contributed by atoms with E-state index >= 15 is 0 Å². The number of aromatic nitrogens is 3. The average Bonchev–Trinajstić information content (AvgIpc) is 3.40. The van der Waals surface area contributed by atoms with Gasteiger partial charge in [0.1, 0.15) is 0 Å². The zero-order chi connectivity index (χ0) is 21.2. The summed E-state index contributed by atoms with van der Waals surface area (Å²) < 4.78 is 2.17. The summed E-state index contributed by atoms with van der Waals surface area (Å²) in [7, 11) is 0. The molecule has 3 aromatic heterocycles. The molecule has 2 atom stereocenters. The summed E-state index contributed by atoms with van der Waals surface area (Å²) in [6.07, 6.45) is 7.53. The third-order valence-electron chi connectivity index (χ3n) is 5.44. The monoisotopic (exact) mass is 445 g/mol.